The van der Waals surface area contributed by atoms with E-state index < -0.39 is 0 Å². The van der Waals surface area contributed by atoms with Gasteiger partial charge in [0.25, 0.3) is 0 Å². The third-order valence-electron chi connectivity index (χ3n) is 5.14. The van der Waals surface area contributed by atoms with Crippen molar-refractivity contribution in [2.45, 2.75) is 0 Å². The van der Waals surface area contributed by atoms with Crippen molar-refractivity contribution >= 4 is 66.6 Å². The molecule has 146 valence electrons. The van der Waals surface area contributed by atoms with Gasteiger partial charge in [0.05, 0.1) is 0 Å². The third kappa shape index (κ3) is 5.53. The predicted octanol–water partition coefficient (Wildman–Crippen LogP) is 0.0708. The fraction of sp³-hybridized carbons (Fsp3) is 0. The quantitative estimate of drug-likeness (QED) is 0.249. The molecule has 0 N–H and O–H groups in total. The molecule has 0 saturated heterocycles. The van der Waals surface area contributed by atoms with Gasteiger partial charge in [-0.1, -0.05) is 6.07 Å². The molecule has 4 rings (SSSR count). The molecule has 0 heterocycles. The molecule has 0 saturated carbocycles. The first-order valence-electron chi connectivity index (χ1n) is 10.0. The number of hydrogen-bond acceptors (Lipinski definition) is 2. The summed E-state index contributed by atoms with van der Waals surface area (Å²) in [6, 6.07) is 37.8. The number of nitrogens with zero attached hydrogens (tertiary/aromatic N) is 2. The molecule has 0 aliphatic rings. The molecular weight excluding hydrogens is 524 g/mol. The maximum absolute atomic E-state index is 2.42. The van der Waals surface area contributed by atoms with Crippen LogP contribution < -0.4 is 28.0 Å². The molecule has 6 heteroatoms. The van der Waals surface area contributed by atoms with Crippen molar-refractivity contribution < 1.29 is 21.2 Å². The monoisotopic (exact) mass is 547 g/mol. The molecule has 0 aliphatic carbocycles. The van der Waals surface area contributed by atoms with Gasteiger partial charge in [-0.2, -0.15) is 0 Å². The third-order valence-corrected chi connectivity index (χ3v) is 9.89. The Kier molecular flexibility index (Phi) is 7.64. The van der Waals surface area contributed by atoms with Gasteiger partial charge in [0, 0.05) is 0 Å². The molecular formula is C24H23Al3IN2-. The molecule has 0 atom stereocenters. The maximum atomic E-state index is 2.42. The van der Waals surface area contributed by atoms with Crippen LogP contribution in [0.25, 0.3) is 11.1 Å². The average molecular weight is 547 g/mol. The van der Waals surface area contributed by atoms with E-state index in [9.17, 15) is 0 Å². The second kappa shape index (κ2) is 10.4. The zero-order chi connectivity index (χ0) is 20.9. The van der Waals surface area contributed by atoms with Crippen LogP contribution in [0.15, 0.2) is 103 Å². The normalized spacial score (nSPS) is 10.7. The minimum atomic E-state index is -0.125. The Bertz CT molecular complexity index is 1080. The molecule has 0 amide bonds. The molecule has 4 aromatic rings. The van der Waals surface area contributed by atoms with E-state index in [-0.39, 0.29) is 21.2 Å². The summed E-state index contributed by atoms with van der Waals surface area (Å²) >= 11 is 3.05. The van der Waals surface area contributed by atoms with Gasteiger partial charge in [0.2, 0.25) is 0 Å². The number of halogens is 1. The molecule has 4 aromatic carbocycles. The van der Waals surface area contributed by atoms with Gasteiger partial charge in [-0.05, 0) is 0 Å². The first kappa shape index (κ1) is 22.0. The molecule has 0 aliphatic heterocycles. The van der Waals surface area contributed by atoms with Crippen molar-refractivity contribution in [3.8, 4) is 11.1 Å². The van der Waals surface area contributed by atoms with Crippen LogP contribution in [0.1, 0.15) is 0 Å². The topological polar surface area (TPSA) is 6.48 Å². The molecule has 0 aromatic heterocycles. The standard InChI is InChI=1S/C24H17IN2.3Al.6H/c26-22-12-8-20(9-13-22)25-21-10-16-24(17-11-21)27-23-14-6-19(7-15-23)18-4-2-1-3-5-18;;;;;;;;;/h1-17H;;;;;;;;;/q-2;;;+1;;;;;;. The summed E-state index contributed by atoms with van der Waals surface area (Å²) in [4.78, 5) is 0. The average Bonchev–Trinajstić information content (AvgIpc) is 2.80. The Morgan fingerprint density at radius 1 is 0.467 bits per heavy atom. The van der Waals surface area contributed by atoms with Crippen LogP contribution in [-0.2, 0) is 0 Å². The molecule has 2 nitrogen and oxygen atoms in total. The van der Waals surface area contributed by atoms with E-state index in [1.54, 1.807) is 0 Å². The summed E-state index contributed by atoms with van der Waals surface area (Å²) in [7, 11) is 0. The number of hydrogen-bond donors (Lipinski definition) is 0. The van der Waals surface area contributed by atoms with Gasteiger partial charge in [0.15, 0.2) is 0 Å². The summed E-state index contributed by atoms with van der Waals surface area (Å²) in [6.45, 7) is 0. The van der Waals surface area contributed by atoms with Crippen LogP contribution in [0.2, 0.25) is 0 Å². The van der Waals surface area contributed by atoms with E-state index in [0.29, 0.717) is 0 Å². The molecule has 0 radical (unpaired) electrons. The molecule has 30 heavy (non-hydrogen) atoms. The Balaban J connectivity index is 1.44. The van der Waals surface area contributed by atoms with E-state index in [1.165, 1.54) is 35.3 Å². The van der Waals surface area contributed by atoms with Crippen molar-refractivity contribution in [2.75, 3.05) is 6.75 Å². The Hall–Kier alpha value is -1.19. The summed E-state index contributed by atoms with van der Waals surface area (Å²) in [5, 5.41) is 0. The van der Waals surface area contributed by atoms with Gasteiger partial charge in [-0.3, -0.25) is 0 Å². The predicted molar refractivity (Wildman–Crippen MR) is 132 cm³/mol. The second-order valence-corrected chi connectivity index (χ2v) is 15.8. The van der Waals surface area contributed by atoms with Crippen molar-refractivity contribution in [3.63, 3.8) is 0 Å². The molecule has 0 spiro atoms. The van der Waals surface area contributed by atoms with Gasteiger partial charge in [-0.25, -0.2) is 0 Å². The van der Waals surface area contributed by atoms with Crippen molar-refractivity contribution in [1.29, 1.82) is 0 Å². The van der Waals surface area contributed by atoms with Gasteiger partial charge < -0.3 is 0 Å². The van der Waals surface area contributed by atoms with E-state index >= 15 is 0 Å². The van der Waals surface area contributed by atoms with Crippen LogP contribution in [0.4, 0.5) is 17.1 Å². The second-order valence-electron chi connectivity index (χ2n) is 7.41. The van der Waals surface area contributed by atoms with Gasteiger partial charge in [0.1, 0.15) is 0 Å². The van der Waals surface area contributed by atoms with Crippen molar-refractivity contribution in [3.05, 3.63) is 110 Å². The van der Waals surface area contributed by atoms with Crippen LogP contribution >= 0.6 is 0 Å². The van der Waals surface area contributed by atoms with E-state index in [1.807, 2.05) is 0 Å². The fourth-order valence-electron chi connectivity index (χ4n) is 3.31. The first-order valence-corrected chi connectivity index (χ1v) is 14.9. The molecule has 0 fully saturated rings. The fourth-order valence-corrected chi connectivity index (χ4v) is 6.66. The molecule has 0 unspecified atom stereocenters. The van der Waals surface area contributed by atoms with E-state index in [2.05, 4.69) is 110 Å². The zero-order valence-electron chi connectivity index (χ0n) is 17.6. The van der Waals surface area contributed by atoms with Crippen molar-refractivity contribution in [1.82, 2.24) is 0 Å². The van der Waals surface area contributed by atoms with Crippen molar-refractivity contribution in [2.24, 2.45) is 0 Å². The molecule has 0 bridgehead atoms. The minimum absolute atomic E-state index is 0.125. The van der Waals surface area contributed by atoms with Crippen LogP contribution in [0.3, 0.4) is 0 Å². The zero-order valence-corrected chi connectivity index (χ0v) is 25.7. The summed E-state index contributed by atoms with van der Waals surface area (Å²) < 4.78 is 7.75. The Labute approximate surface area is 214 Å². The van der Waals surface area contributed by atoms with Gasteiger partial charge >= 0.3 is 210 Å². The Morgan fingerprint density at radius 3 is 1.40 bits per heavy atom. The summed E-state index contributed by atoms with van der Waals surface area (Å²) in [5.41, 5.74) is 6.44. The Morgan fingerprint density at radius 2 is 0.900 bits per heavy atom. The number of anilines is 3. The summed E-state index contributed by atoms with van der Waals surface area (Å²) in [5.74, 6) is 0. The van der Waals surface area contributed by atoms with Gasteiger partial charge in [-0.15, -0.1) is 0 Å². The summed E-state index contributed by atoms with van der Waals surface area (Å²) in [6.07, 6.45) is 0. The van der Waals surface area contributed by atoms with Crippen LogP contribution in [-0.4, -0.2) is 49.5 Å². The van der Waals surface area contributed by atoms with E-state index in [0.717, 1.165) is 49.5 Å². The van der Waals surface area contributed by atoms with Crippen LogP contribution in [0, 0.1) is 7.14 Å². The number of benzene rings is 4. The number of rotatable bonds is 6. The SMILES string of the molecule is [AlH2][N]([AlH2])c1ccc([I-]c2ccc([N]([AlH2])c3ccc(-c4ccccc4)cc3)cc2)cc1. The van der Waals surface area contributed by atoms with E-state index in [4.69, 9.17) is 0 Å². The first-order chi connectivity index (χ1) is 14.6. The van der Waals surface area contributed by atoms with Crippen LogP contribution in [0.5, 0.6) is 0 Å².